The highest BCUT2D eigenvalue weighted by Gasteiger charge is 2.26. The predicted octanol–water partition coefficient (Wildman–Crippen LogP) is 3.02. The van der Waals surface area contributed by atoms with Crippen molar-refractivity contribution in [1.29, 1.82) is 0 Å². The van der Waals surface area contributed by atoms with Gasteiger partial charge < -0.3 is 15.6 Å². The van der Waals surface area contributed by atoms with Crippen molar-refractivity contribution in [2.24, 2.45) is 5.73 Å². The van der Waals surface area contributed by atoms with Crippen molar-refractivity contribution in [2.45, 2.75) is 25.3 Å². The topological polar surface area (TPSA) is 129 Å². The van der Waals surface area contributed by atoms with Crippen LogP contribution in [0, 0.1) is 0 Å². The summed E-state index contributed by atoms with van der Waals surface area (Å²) < 4.78 is 2.08. The number of nitrogens with two attached hydrogens (primary N) is 1. The molecular weight excluding hydrogens is 418 g/mol. The van der Waals surface area contributed by atoms with Gasteiger partial charge in [-0.25, -0.2) is 0 Å². The molecule has 9 nitrogen and oxygen atoms in total. The molecule has 2 amide bonds. The van der Waals surface area contributed by atoms with Crippen LogP contribution in [0.25, 0.3) is 22.5 Å². The highest BCUT2D eigenvalue weighted by molar-refractivity contribution is 5.93. The Morgan fingerprint density at radius 2 is 1.91 bits per heavy atom. The van der Waals surface area contributed by atoms with Crippen LogP contribution in [0.1, 0.15) is 35.1 Å². The average molecular weight is 439 g/mol. The Morgan fingerprint density at radius 3 is 2.67 bits per heavy atom. The number of primary amides is 1. The van der Waals surface area contributed by atoms with Crippen LogP contribution in [0.2, 0.25) is 0 Å². The van der Waals surface area contributed by atoms with Gasteiger partial charge in [-0.1, -0.05) is 18.2 Å². The van der Waals surface area contributed by atoms with Gasteiger partial charge in [0, 0.05) is 35.2 Å². The maximum atomic E-state index is 12.7. The molecule has 1 fully saturated rings. The van der Waals surface area contributed by atoms with E-state index in [1.807, 2.05) is 36.4 Å². The minimum atomic E-state index is -0.578. The SMILES string of the molecule is NC(=O)c1ccc(-c2ccnc(CC(=O)Nc3cccc(-c4nncn4C4CC4)c3)c2)cn1. The van der Waals surface area contributed by atoms with Gasteiger partial charge in [-0.3, -0.25) is 19.6 Å². The molecule has 4 aromatic rings. The number of nitrogens with zero attached hydrogens (tertiary/aromatic N) is 5. The molecule has 3 aromatic heterocycles. The normalized spacial score (nSPS) is 13.0. The van der Waals surface area contributed by atoms with Crippen LogP contribution in [0.5, 0.6) is 0 Å². The second-order valence-corrected chi connectivity index (χ2v) is 7.93. The average Bonchev–Trinajstić information content (AvgIpc) is 3.55. The molecule has 164 valence electrons. The summed E-state index contributed by atoms with van der Waals surface area (Å²) in [6, 6.07) is 15.0. The summed E-state index contributed by atoms with van der Waals surface area (Å²) in [5.41, 5.74) is 9.30. The van der Waals surface area contributed by atoms with Crippen molar-refractivity contribution < 1.29 is 9.59 Å². The summed E-state index contributed by atoms with van der Waals surface area (Å²) >= 11 is 0. The number of rotatable bonds is 7. The molecule has 3 heterocycles. The van der Waals surface area contributed by atoms with Crippen LogP contribution >= 0.6 is 0 Å². The fourth-order valence-electron chi connectivity index (χ4n) is 3.64. The zero-order chi connectivity index (χ0) is 22.8. The largest absolute Gasteiger partial charge is 0.364 e. The molecule has 0 spiro atoms. The van der Waals surface area contributed by atoms with Gasteiger partial charge in [0.25, 0.3) is 5.91 Å². The highest BCUT2D eigenvalue weighted by atomic mass is 16.2. The van der Waals surface area contributed by atoms with E-state index >= 15 is 0 Å². The lowest BCUT2D eigenvalue weighted by Gasteiger charge is -2.09. The van der Waals surface area contributed by atoms with Crippen molar-refractivity contribution in [1.82, 2.24) is 24.7 Å². The van der Waals surface area contributed by atoms with Crippen molar-refractivity contribution in [3.63, 3.8) is 0 Å². The summed E-state index contributed by atoms with van der Waals surface area (Å²) in [6.45, 7) is 0. The molecule has 0 unspecified atom stereocenters. The Hall–Kier alpha value is -4.40. The smallest absolute Gasteiger partial charge is 0.267 e. The molecule has 0 aliphatic heterocycles. The molecule has 1 aliphatic carbocycles. The van der Waals surface area contributed by atoms with E-state index in [9.17, 15) is 9.59 Å². The van der Waals surface area contributed by atoms with Gasteiger partial charge in [-0.15, -0.1) is 10.2 Å². The lowest BCUT2D eigenvalue weighted by Crippen LogP contribution is -2.15. The van der Waals surface area contributed by atoms with E-state index in [1.54, 1.807) is 30.9 Å². The fourth-order valence-corrected chi connectivity index (χ4v) is 3.64. The number of benzene rings is 1. The third kappa shape index (κ3) is 4.62. The molecule has 9 heteroatoms. The first-order chi connectivity index (χ1) is 16.1. The van der Waals surface area contributed by atoms with Crippen LogP contribution in [0.15, 0.2) is 67.3 Å². The van der Waals surface area contributed by atoms with Gasteiger partial charge in [-0.05, 0) is 48.7 Å². The number of carbonyl (C=O) groups excluding carboxylic acids is 2. The molecule has 1 aromatic carbocycles. The summed E-state index contributed by atoms with van der Waals surface area (Å²) in [7, 11) is 0. The van der Waals surface area contributed by atoms with Crippen LogP contribution in [0.3, 0.4) is 0 Å². The van der Waals surface area contributed by atoms with E-state index in [0.717, 1.165) is 35.4 Å². The van der Waals surface area contributed by atoms with Crippen LogP contribution < -0.4 is 11.1 Å². The molecule has 1 aliphatic rings. The molecule has 0 bridgehead atoms. The zero-order valence-electron chi connectivity index (χ0n) is 17.7. The number of anilines is 1. The van der Waals surface area contributed by atoms with Crippen LogP contribution in [-0.4, -0.2) is 36.5 Å². The van der Waals surface area contributed by atoms with Gasteiger partial charge in [0.15, 0.2) is 5.82 Å². The molecule has 3 N–H and O–H groups in total. The van der Waals surface area contributed by atoms with Crippen LogP contribution in [0.4, 0.5) is 5.69 Å². The summed E-state index contributed by atoms with van der Waals surface area (Å²) in [5, 5.41) is 11.2. The maximum Gasteiger partial charge on any atom is 0.267 e. The first kappa shape index (κ1) is 20.5. The van der Waals surface area contributed by atoms with Crippen molar-refractivity contribution in [3.05, 3.63) is 78.6 Å². The molecule has 5 rings (SSSR count). The third-order valence-electron chi connectivity index (χ3n) is 5.43. The minimum Gasteiger partial charge on any atom is -0.364 e. The fraction of sp³-hybridized carbons (Fsp3) is 0.167. The lowest BCUT2D eigenvalue weighted by molar-refractivity contribution is -0.115. The Labute approximate surface area is 189 Å². The number of carbonyl (C=O) groups is 2. The molecule has 1 saturated carbocycles. The zero-order valence-corrected chi connectivity index (χ0v) is 17.7. The van der Waals surface area contributed by atoms with Crippen molar-refractivity contribution in [3.8, 4) is 22.5 Å². The molecule has 33 heavy (non-hydrogen) atoms. The van der Waals surface area contributed by atoms with E-state index in [4.69, 9.17) is 5.73 Å². The van der Waals surface area contributed by atoms with Crippen molar-refractivity contribution in [2.75, 3.05) is 5.32 Å². The molecule has 0 saturated heterocycles. The van der Waals surface area contributed by atoms with E-state index < -0.39 is 5.91 Å². The van der Waals surface area contributed by atoms with Crippen LogP contribution in [-0.2, 0) is 11.2 Å². The number of hydrogen-bond donors (Lipinski definition) is 2. The van der Waals surface area contributed by atoms with E-state index in [2.05, 4.69) is 30.0 Å². The molecule has 0 radical (unpaired) electrons. The molecule has 0 atom stereocenters. The Morgan fingerprint density at radius 1 is 1.03 bits per heavy atom. The first-order valence-corrected chi connectivity index (χ1v) is 10.6. The van der Waals surface area contributed by atoms with E-state index in [-0.39, 0.29) is 18.0 Å². The predicted molar refractivity (Wildman–Crippen MR) is 122 cm³/mol. The van der Waals surface area contributed by atoms with Gasteiger partial charge in [0.2, 0.25) is 5.91 Å². The number of amides is 2. The maximum absolute atomic E-state index is 12.7. The van der Waals surface area contributed by atoms with E-state index in [1.165, 1.54) is 0 Å². The van der Waals surface area contributed by atoms with Gasteiger partial charge in [0.1, 0.15) is 12.0 Å². The van der Waals surface area contributed by atoms with Gasteiger partial charge >= 0.3 is 0 Å². The summed E-state index contributed by atoms with van der Waals surface area (Å²) in [6.07, 6.45) is 7.37. The number of pyridine rings is 2. The third-order valence-corrected chi connectivity index (χ3v) is 5.43. The Balaban J connectivity index is 1.28. The summed E-state index contributed by atoms with van der Waals surface area (Å²) in [4.78, 5) is 32.3. The lowest BCUT2D eigenvalue weighted by atomic mass is 10.1. The summed E-state index contributed by atoms with van der Waals surface area (Å²) in [5.74, 6) is 0.0482. The number of nitrogens with one attached hydrogen (secondary N) is 1. The first-order valence-electron chi connectivity index (χ1n) is 10.6. The quantitative estimate of drug-likeness (QED) is 0.455. The Kier molecular flexibility index (Phi) is 5.35. The number of hydrogen-bond acceptors (Lipinski definition) is 6. The minimum absolute atomic E-state index is 0.114. The van der Waals surface area contributed by atoms with E-state index in [0.29, 0.717) is 17.4 Å². The second-order valence-electron chi connectivity index (χ2n) is 7.93. The molecular formula is C24H21N7O2. The van der Waals surface area contributed by atoms with Crippen molar-refractivity contribution >= 4 is 17.5 Å². The number of aromatic nitrogens is 5. The monoisotopic (exact) mass is 439 g/mol. The Bertz CT molecular complexity index is 1330. The van der Waals surface area contributed by atoms with Gasteiger partial charge in [0.05, 0.1) is 12.1 Å². The highest BCUT2D eigenvalue weighted by Crippen LogP contribution is 2.37. The standard InChI is InChI=1S/C24H21N7O2/c25-23(33)21-7-4-17(13-27-21)15-8-9-26-19(10-15)12-22(32)29-18-3-1-2-16(11-18)24-30-28-14-31(24)20-5-6-20/h1-4,7-11,13-14,20H,5-6,12H2,(H2,25,33)(H,29,32). The second kappa shape index (κ2) is 8.62. The van der Waals surface area contributed by atoms with Gasteiger partial charge in [-0.2, -0.15) is 0 Å².